The number of aryl methyl sites for hydroxylation is 2. The van der Waals surface area contributed by atoms with Crippen LogP contribution in [0.2, 0.25) is 18.6 Å². The lowest BCUT2D eigenvalue weighted by molar-refractivity contribution is -0.146. The van der Waals surface area contributed by atoms with Gasteiger partial charge in [0.25, 0.3) is 5.91 Å². The number of hydrogen-bond acceptors (Lipinski definition) is 6. The summed E-state index contributed by atoms with van der Waals surface area (Å²) in [5.74, 6) is -0.639. The third-order valence-corrected chi connectivity index (χ3v) is 13.8. The summed E-state index contributed by atoms with van der Waals surface area (Å²) in [6, 6.07) is 29.3. The molecule has 1 spiro atoms. The third-order valence-electron chi connectivity index (χ3n) is 11.3. The number of amides is 3. The van der Waals surface area contributed by atoms with Crippen molar-refractivity contribution in [2.24, 2.45) is 5.92 Å². The quantitative estimate of drug-likeness (QED) is 0.209. The number of aliphatic hydroxyl groups is 1. The molecule has 4 atom stereocenters. The van der Waals surface area contributed by atoms with Crippen LogP contribution in [0.4, 0.5) is 28.4 Å². The van der Waals surface area contributed by atoms with Crippen molar-refractivity contribution in [3.05, 3.63) is 113 Å². The van der Waals surface area contributed by atoms with Gasteiger partial charge in [-0.1, -0.05) is 55.5 Å². The van der Waals surface area contributed by atoms with Gasteiger partial charge < -0.3 is 19.5 Å². The number of benzene rings is 4. The molecule has 262 valence electrons. The summed E-state index contributed by atoms with van der Waals surface area (Å²) >= 11 is 0. The Morgan fingerprint density at radius 3 is 1.98 bits per heavy atom. The monoisotopic (exact) mass is 701 g/mol. The number of para-hydroxylation sites is 2. The first kappa shape index (κ1) is 33.5. The fourth-order valence-corrected chi connectivity index (χ4v) is 11.8. The van der Waals surface area contributed by atoms with E-state index in [1.165, 1.54) is 0 Å². The van der Waals surface area contributed by atoms with Crippen LogP contribution in [0.1, 0.15) is 48.4 Å². The van der Waals surface area contributed by atoms with Crippen LogP contribution in [0.3, 0.4) is 0 Å². The maximum Gasteiger partial charge on any atom is 0.264 e. The Morgan fingerprint density at radius 1 is 0.765 bits per heavy atom. The SMILES string of the molecule is C[C@H]1[C@H]([Si](C)(C)O)[C@@H](CCO)O[C@]12C(=O)N(Cc1cccc(N3C(=O)CCc4ccccc43)c1)c1ccc(N3C(=O)CCc4ccccc43)cc12. The zero-order valence-electron chi connectivity index (χ0n) is 29.2. The van der Waals surface area contributed by atoms with Crippen LogP contribution in [0.25, 0.3) is 0 Å². The number of carbonyl (C=O) groups is 3. The summed E-state index contributed by atoms with van der Waals surface area (Å²) in [6.45, 7) is 5.80. The summed E-state index contributed by atoms with van der Waals surface area (Å²) < 4.78 is 6.89. The molecule has 0 radical (unpaired) electrons. The van der Waals surface area contributed by atoms with E-state index in [-0.39, 0.29) is 36.4 Å². The van der Waals surface area contributed by atoms with Crippen molar-refractivity contribution in [3.8, 4) is 0 Å². The van der Waals surface area contributed by atoms with Gasteiger partial charge in [0.1, 0.15) is 0 Å². The van der Waals surface area contributed by atoms with Crippen LogP contribution < -0.4 is 14.7 Å². The van der Waals surface area contributed by atoms with Crippen molar-refractivity contribution in [1.29, 1.82) is 0 Å². The van der Waals surface area contributed by atoms with Gasteiger partial charge in [0.15, 0.2) is 13.9 Å². The van der Waals surface area contributed by atoms with Gasteiger partial charge in [-0.15, -0.1) is 0 Å². The Balaban J connectivity index is 1.23. The average Bonchev–Trinajstić information content (AvgIpc) is 3.54. The second-order valence-electron chi connectivity index (χ2n) is 14.9. The standard InChI is InChI=1S/C41H43N3O6Si/c1-26-39(51(2,3)49)36(21-22-45)50-41(26)32-24-31(44-34-14-7-5-11-29(34)16-20-38(44)47)17-18-35(32)42(40(41)48)25-27-9-8-12-30(23-27)43-33-13-6-4-10-28(33)15-19-37(43)46/h4-14,17-18,23-24,26,36,39,45,49H,15-16,19-22,25H2,1-3H3/t26-,36+,39-,41+/m0/s1. The Kier molecular flexibility index (Phi) is 8.25. The fourth-order valence-electron chi connectivity index (χ4n) is 9.16. The molecule has 0 bridgehead atoms. The second kappa shape index (κ2) is 12.6. The average molecular weight is 702 g/mol. The molecular weight excluding hydrogens is 659 g/mol. The lowest BCUT2D eigenvalue weighted by Crippen LogP contribution is -2.46. The molecule has 3 amide bonds. The number of nitrogens with zero attached hydrogens (tertiary/aromatic N) is 3. The smallest absolute Gasteiger partial charge is 0.264 e. The van der Waals surface area contributed by atoms with E-state index in [1.54, 1.807) is 14.7 Å². The number of fused-ring (bicyclic) bond motifs is 4. The van der Waals surface area contributed by atoms with Crippen LogP contribution in [-0.2, 0) is 44.1 Å². The maximum atomic E-state index is 15.1. The van der Waals surface area contributed by atoms with E-state index >= 15 is 4.79 Å². The number of anilines is 5. The molecule has 9 nitrogen and oxygen atoms in total. The van der Waals surface area contributed by atoms with Crippen LogP contribution in [-0.4, -0.2) is 48.7 Å². The minimum atomic E-state index is -2.90. The molecule has 4 aliphatic rings. The normalized spacial score (nSPS) is 24.3. The van der Waals surface area contributed by atoms with E-state index in [0.29, 0.717) is 49.0 Å². The molecule has 4 aromatic rings. The van der Waals surface area contributed by atoms with E-state index in [2.05, 4.69) is 6.07 Å². The fraction of sp³-hybridized carbons (Fsp3) is 0.341. The molecule has 4 heterocycles. The van der Waals surface area contributed by atoms with E-state index in [9.17, 15) is 19.5 Å². The van der Waals surface area contributed by atoms with Gasteiger partial charge >= 0.3 is 0 Å². The Labute approximate surface area is 299 Å². The summed E-state index contributed by atoms with van der Waals surface area (Å²) in [4.78, 5) is 58.7. The highest BCUT2D eigenvalue weighted by atomic mass is 28.4. The molecule has 4 aromatic carbocycles. The lowest BCUT2D eigenvalue weighted by Gasteiger charge is -2.33. The number of ether oxygens (including phenoxy) is 1. The first-order valence-corrected chi connectivity index (χ1v) is 20.9. The maximum absolute atomic E-state index is 15.1. The van der Waals surface area contributed by atoms with E-state index in [4.69, 9.17) is 4.74 Å². The molecule has 0 saturated carbocycles. The van der Waals surface area contributed by atoms with Crippen molar-refractivity contribution < 1.29 is 29.0 Å². The number of hydrogen-bond donors (Lipinski definition) is 2. The number of carbonyl (C=O) groups excluding carboxylic acids is 3. The molecule has 4 aliphatic heterocycles. The van der Waals surface area contributed by atoms with Crippen LogP contribution in [0.15, 0.2) is 91.0 Å². The molecule has 0 aliphatic carbocycles. The summed E-state index contributed by atoms with van der Waals surface area (Å²) in [7, 11) is -2.90. The van der Waals surface area contributed by atoms with Crippen LogP contribution >= 0.6 is 0 Å². The van der Waals surface area contributed by atoms with Crippen LogP contribution in [0.5, 0.6) is 0 Å². The Hall–Kier alpha value is -4.61. The van der Waals surface area contributed by atoms with E-state index < -0.39 is 25.9 Å². The molecule has 1 fully saturated rings. The minimum absolute atomic E-state index is 0.0187. The van der Waals surface area contributed by atoms with Gasteiger partial charge in [0.2, 0.25) is 11.8 Å². The zero-order chi connectivity index (χ0) is 35.7. The molecular formula is C41H43N3O6Si. The van der Waals surface area contributed by atoms with Gasteiger partial charge in [-0.3, -0.25) is 24.2 Å². The minimum Gasteiger partial charge on any atom is -0.432 e. The molecule has 1 saturated heterocycles. The second-order valence-corrected chi connectivity index (χ2v) is 18.8. The van der Waals surface area contributed by atoms with Crippen LogP contribution in [0, 0.1) is 5.92 Å². The van der Waals surface area contributed by atoms with Gasteiger partial charge in [-0.25, -0.2) is 0 Å². The van der Waals surface area contributed by atoms with Crippen molar-refractivity contribution >= 4 is 54.5 Å². The molecule has 51 heavy (non-hydrogen) atoms. The highest BCUT2D eigenvalue weighted by Gasteiger charge is 2.66. The topological polar surface area (TPSA) is 111 Å². The predicted octanol–water partition coefficient (Wildman–Crippen LogP) is 6.64. The third kappa shape index (κ3) is 5.35. The van der Waals surface area contributed by atoms with Crippen molar-refractivity contribution in [2.75, 3.05) is 21.3 Å². The van der Waals surface area contributed by atoms with E-state index in [1.807, 2.05) is 105 Å². The molecule has 0 aromatic heterocycles. The molecule has 0 unspecified atom stereocenters. The summed E-state index contributed by atoms with van der Waals surface area (Å²) in [5, 5.41) is 10.1. The summed E-state index contributed by atoms with van der Waals surface area (Å²) in [5.41, 5.74) is 5.73. The molecule has 2 N–H and O–H groups in total. The largest absolute Gasteiger partial charge is 0.432 e. The van der Waals surface area contributed by atoms with Crippen molar-refractivity contribution in [2.45, 2.75) is 75.9 Å². The first-order chi connectivity index (χ1) is 24.5. The van der Waals surface area contributed by atoms with Gasteiger partial charge in [-0.2, -0.15) is 0 Å². The lowest BCUT2D eigenvalue weighted by atomic mass is 9.82. The van der Waals surface area contributed by atoms with Gasteiger partial charge in [0.05, 0.1) is 29.7 Å². The highest BCUT2D eigenvalue weighted by Crippen LogP contribution is 2.60. The molecule has 8 rings (SSSR count). The number of rotatable bonds is 7. The predicted molar refractivity (Wildman–Crippen MR) is 199 cm³/mol. The van der Waals surface area contributed by atoms with Crippen molar-refractivity contribution in [3.63, 3.8) is 0 Å². The van der Waals surface area contributed by atoms with Gasteiger partial charge in [-0.05, 0) is 91.5 Å². The first-order valence-electron chi connectivity index (χ1n) is 17.9. The highest BCUT2D eigenvalue weighted by molar-refractivity contribution is 6.71. The Bertz CT molecular complexity index is 2060. The number of aliphatic hydroxyl groups excluding tert-OH is 1. The van der Waals surface area contributed by atoms with Gasteiger partial charge in [0, 0.05) is 47.8 Å². The Morgan fingerprint density at radius 2 is 1.37 bits per heavy atom. The van der Waals surface area contributed by atoms with E-state index in [0.717, 1.165) is 33.8 Å². The molecule has 10 heteroatoms. The van der Waals surface area contributed by atoms with Crippen molar-refractivity contribution in [1.82, 2.24) is 0 Å². The zero-order valence-corrected chi connectivity index (χ0v) is 30.2. The summed E-state index contributed by atoms with van der Waals surface area (Å²) in [6.07, 6.45) is 1.94.